The van der Waals surface area contributed by atoms with Crippen LogP contribution in [-0.2, 0) is 17.6 Å². The summed E-state index contributed by atoms with van der Waals surface area (Å²) in [5, 5.41) is 11.0. The summed E-state index contributed by atoms with van der Waals surface area (Å²) in [5.74, 6) is 0.676. The lowest BCUT2D eigenvalue weighted by atomic mass is 9.88. The molecule has 0 radical (unpaired) electrons. The van der Waals surface area contributed by atoms with Gasteiger partial charge >= 0.3 is 0 Å². The third-order valence-electron chi connectivity index (χ3n) is 4.86. The summed E-state index contributed by atoms with van der Waals surface area (Å²) in [6.45, 7) is 2.20. The Bertz CT molecular complexity index is 1040. The van der Waals surface area contributed by atoms with Gasteiger partial charge in [0.15, 0.2) is 5.82 Å². The maximum Gasteiger partial charge on any atom is 0.251 e. The zero-order chi connectivity index (χ0) is 20.4. The maximum absolute atomic E-state index is 12.5. The van der Waals surface area contributed by atoms with E-state index in [9.17, 15) is 9.59 Å². The Morgan fingerprint density at radius 3 is 2.90 bits per heavy atom. The van der Waals surface area contributed by atoms with Crippen LogP contribution in [0, 0.1) is 5.92 Å². The lowest BCUT2D eigenvalue weighted by Gasteiger charge is -2.18. The van der Waals surface area contributed by atoms with Crippen molar-refractivity contribution >= 4 is 39.9 Å². The van der Waals surface area contributed by atoms with Gasteiger partial charge in [0.1, 0.15) is 5.00 Å². The van der Waals surface area contributed by atoms with E-state index < -0.39 is 5.91 Å². The summed E-state index contributed by atoms with van der Waals surface area (Å²) in [7, 11) is 0. The first kappa shape index (κ1) is 19.7. The van der Waals surface area contributed by atoms with Crippen LogP contribution in [0.5, 0.6) is 0 Å². The van der Waals surface area contributed by atoms with Crippen LogP contribution in [-0.4, -0.2) is 32.7 Å². The minimum atomic E-state index is -0.485. The number of carbonyl (C=O) groups is 2. The number of thiophene rings is 1. The molecular weight excluding hydrogens is 406 g/mol. The number of rotatable bonds is 6. The molecule has 1 atom stereocenters. The molecule has 0 saturated heterocycles. The molecule has 2 aromatic heterocycles. The summed E-state index contributed by atoms with van der Waals surface area (Å²) in [6, 6.07) is 9.66. The Labute approximate surface area is 176 Å². The molecule has 0 spiro atoms. The van der Waals surface area contributed by atoms with Crippen molar-refractivity contribution in [1.29, 1.82) is 0 Å². The van der Waals surface area contributed by atoms with Crippen LogP contribution in [0.2, 0.25) is 0 Å². The van der Waals surface area contributed by atoms with Gasteiger partial charge in [-0.3, -0.25) is 14.7 Å². The average molecular weight is 428 g/mol. The van der Waals surface area contributed by atoms with E-state index in [0.29, 0.717) is 27.5 Å². The van der Waals surface area contributed by atoms with Crippen LogP contribution in [0.25, 0.3) is 11.4 Å². The number of H-pyrrole nitrogens is 1. The fourth-order valence-electron chi connectivity index (χ4n) is 3.43. The van der Waals surface area contributed by atoms with Crippen LogP contribution in [0.4, 0.5) is 5.00 Å². The highest BCUT2D eigenvalue weighted by molar-refractivity contribution is 7.99. The summed E-state index contributed by atoms with van der Waals surface area (Å²) in [5.41, 5.74) is 8.01. The molecule has 7 nitrogen and oxygen atoms in total. The van der Waals surface area contributed by atoms with Gasteiger partial charge in [-0.05, 0) is 30.7 Å². The van der Waals surface area contributed by atoms with Crippen molar-refractivity contribution in [1.82, 2.24) is 15.2 Å². The molecule has 1 unspecified atom stereocenters. The van der Waals surface area contributed by atoms with Gasteiger partial charge in [-0.1, -0.05) is 49.0 Å². The number of carbonyl (C=O) groups excluding carboxylic acids is 2. The molecule has 9 heteroatoms. The standard InChI is InChI=1S/C20H21N5O2S2/c1-11-7-8-13-14(9-11)29-19(16(13)17(21)27)22-15(26)10-28-20-23-18(24-25-20)12-5-3-2-4-6-12/h2-6,11H,7-10H2,1H3,(H2,21,27)(H,22,26)(H,23,24,25). The van der Waals surface area contributed by atoms with E-state index in [1.54, 1.807) is 0 Å². The van der Waals surface area contributed by atoms with Crippen LogP contribution in [0.1, 0.15) is 34.1 Å². The number of nitrogens with zero attached hydrogens (tertiary/aromatic N) is 2. The molecule has 0 fully saturated rings. The van der Waals surface area contributed by atoms with E-state index in [1.165, 1.54) is 23.1 Å². The molecule has 2 amide bonds. The summed E-state index contributed by atoms with van der Waals surface area (Å²) in [4.78, 5) is 30.0. The van der Waals surface area contributed by atoms with Gasteiger partial charge in [0, 0.05) is 10.4 Å². The second-order valence-electron chi connectivity index (χ2n) is 7.09. The third kappa shape index (κ3) is 4.35. The monoisotopic (exact) mass is 427 g/mol. The zero-order valence-corrected chi connectivity index (χ0v) is 17.5. The molecule has 29 heavy (non-hydrogen) atoms. The number of thioether (sulfide) groups is 1. The van der Waals surface area contributed by atoms with Gasteiger partial charge in [-0.2, -0.15) is 0 Å². The number of aromatic amines is 1. The summed E-state index contributed by atoms with van der Waals surface area (Å²) in [6.07, 6.45) is 2.78. The highest BCUT2D eigenvalue weighted by Gasteiger charge is 2.27. The van der Waals surface area contributed by atoms with Gasteiger partial charge in [-0.15, -0.1) is 16.4 Å². The molecule has 1 aromatic carbocycles. The van der Waals surface area contributed by atoms with Gasteiger partial charge in [0.2, 0.25) is 11.1 Å². The lowest BCUT2D eigenvalue weighted by molar-refractivity contribution is -0.113. The molecule has 4 N–H and O–H groups in total. The van der Waals surface area contributed by atoms with Crippen molar-refractivity contribution in [2.75, 3.05) is 11.1 Å². The molecule has 0 saturated carbocycles. The first-order valence-electron chi connectivity index (χ1n) is 9.36. The highest BCUT2D eigenvalue weighted by Crippen LogP contribution is 2.39. The minimum Gasteiger partial charge on any atom is -0.365 e. The average Bonchev–Trinajstić information content (AvgIpc) is 3.31. The van der Waals surface area contributed by atoms with Crippen molar-refractivity contribution in [2.45, 2.75) is 31.3 Å². The Hall–Kier alpha value is -2.65. The molecule has 0 bridgehead atoms. The highest BCUT2D eigenvalue weighted by atomic mass is 32.2. The third-order valence-corrected chi connectivity index (χ3v) is 6.87. The van der Waals surface area contributed by atoms with Gasteiger partial charge in [0.25, 0.3) is 5.91 Å². The zero-order valence-electron chi connectivity index (χ0n) is 15.9. The molecule has 0 aliphatic heterocycles. The maximum atomic E-state index is 12.5. The number of hydrogen-bond acceptors (Lipinski definition) is 6. The van der Waals surface area contributed by atoms with Crippen molar-refractivity contribution in [3.8, 4) is 11.4 Å². The Kier molecular flexibility index (Phi) is 5.68. The topological polar surface area (TPSA) is 114 Å². The number of benzene rings is 1. The normalized spacial score (nSPS) is 15.7. The number of primary amides is 1. The minimum absolute atomic E-state index is 0.142. The van der Waals surface area contributed by atoms with Crippen molar-refractivity contribution in [2.24, 2.45) is 11.7 Å². The molecule has 2 heterocycles. The number of aromatic nitrogens is 3. The number of amides is 2. The smallest absolute Gasteiger partial charge is 0.251 e. The van der Waals surface area contributed by atoms with Crippen LogP contribution in [0.3, 0.4) is 0 Å². The Balaban J connectivity index is 1.42. The van der Waals surface area contributed by atoms with Crippen molar-refractivity contribution in [3.63, 3.8) is 0 Å². The predicted molar refractivity (Wildman–Crippen MR) is 115 cm³/mol. The fourth-order valence-corrected chi connectivity index (χ4v) is 5.46. The molecule has 1 aliphatic carbocycles. The lowest BCUT2D eigenvalue weighted by Crippen LogP contribution is -2.20. The van der Waals surface area contributed by atoms with Gasteiger partial charge in [0.05, 0.1) is 11.3 Å². The van der Waals surface area contributed by atoms with Gasteiger partial charge in [-0.25, -0.2) is 4.98 Å². The van der Waals surface area contributed by atoms with Crippen molar-refractivity contribution < 1.29 is 9.59 Å². The number of anilines is 1. The largest absolute Gasteiger partial charge is 0.365 e. The van der Waals surface area contributed by atoms with E-state index in [0.717, 1.165) is 35.3 Å². The Morgan fingerprint density at radius 2 is 2.14 bits per heavy atom. The molecule has 150 valence electrons. The van der Waals surface area contributed by atoms with Gasteiger partial charge < -0.3 is 11.1 Å². The van der Waals surface area contributed by atoms with Crippen LogP contribution >= 0.6 is 23.1 Å². The number of nitrogens with one attached hydrogen (secondary N) is 2. The molecular formula is C20H21N5O2S2. The van der Waals surface area contributed by atoms with Crippen molar-refractivity contribution in [3.05, 3.63) is 46.3 Å². The van der Waals surface area contributed by atoms with E-state index >= 15 is 0 Å². The Morgan fingerprint density at radius 1 is 1.34 bits per heavy atom. The van der Waals surface area contributed by atoms with E-state index in [-0.39, 0.29) is 11.7 Å². The molecule has 3 aromatic rings. The number of hydrogen-bond donors (Lipinski definition) is 3. The van der Waals surface area contributed by atoms with E-state index in [4.69, 9.17) is 5.73 Å². The van der Waals surface area contributed by atoms with E-state index in [2.05, 4.69) is 27.4 Å². The quantitative estimate of drug-likeness (QED) is 0.521. The molecule has 1 aliphatic rings. The first-order valence-corrected chi connectivity index (χ1v) is 11.2. The van der Waals surface area contributed by atoms with E-state index in [1.807, 2.05) is 30.3 Å². The summed E-state index contributed by atoms with van der Waals surface area (Å²) >= 11 is 2.70. The SMILES string of the molecule is CC1CCc2c(sc(NC(=O)CSc3n[nH]c(-c4ccccc4)n3)c2C(N)=O)C1. The second kappa shape index (κ2) is 8.38. The fraction of sp³-hybridized carbons (Fsp3) is 0.300. The number of nitrogens with two attached hydrogens (primary N) is 1. The predicted octanol–water partition coefficient (Wildman–Crippen LogP) is 3.49. The van der Waals surface area contributed by atoms with Crippen LogP contribution in [0.15, 0.2) is 35.5 Å². The number of fused-ring (bicyclic) bond motifs is 1. The summed E-state index contributed by atoms with van der Waals surface area (Å²) < 4.78 is 0. The molecule has 4 rings (SSSR count). The first-order chi connectivity index (χ1) is 14.0. The van der Waals surface area contributed by atoms with Crippen LogP contribution < -0.4 is 11.1 Å². The second-order valence-corrected chi connectivity index (χ2v) is 9.14.